The molecule has 3 rings (SSSR count). The number of carbonyl (C=O) groups is 2. The van der Waals surface area contributed by atoms with Crippen LogP contribution in [0, 0.1) is 0 Å². The first-order valence-electron chi connectivity index (χ1n) is 8.64. The van der Waals surface area contributed by atoms with Crippen LogP contribution in [0.15, 0.2) is 84.0 Å². The highest BCUT2D eigenvalue weighted by Crippen LogP contribution is 2.21. The van der Waals surface area contributed by atoms with Crippen molar-refractivity contribution >= 4 is 23.7 Å². The summed E-state index contributed by atoms with van der Waals surface area (Å²) in [6.07, 6.45) is 1.54. The second-order valence-electron chi connectivity index (χ2n) is 5.95. The van der Waals surface area contributed by atoms with Crippen LogP contribution in [-0.2, 0) is 4.79 Å². The molecular weight excluding hydrogens is 354 g/mol. The van der Waals surface area contributed by atoms with E-state index in [4.69, 9.17) is 4.74 Å². The summed E-state index contributed by atoms with van der Waals surface area (Å²) in [6.45, 7) is 1.41. The number of para-hydroxylation sites is 1. The third kappa shape index (κ3) is 5.54. The molecule has 2 N–H and O–H groups in total. The Labute approximate surface area is 162 Å². The number of amides is 2. The van der Waals surface area contributed by atoms with Gasteiger partial charge in [0, 0.05) is 18.2 Å². The number of hydrogen-bond donors (Lipinski definition) is 2. The van der Waals surface area contributed by atoms with Crippen LogP contribution in [-0.4, -0.2) is 18.0 Å². The summed E-state index contributed by atoms with van der Waals surface area (Å²) < 4.78 is 5.78. The number of benzene rings is 3. The van der Waals surface area contributed by atoms with Crippen LogP contribution >= 0.6 is 0 Å². The summed E-state index contributed by atoms with van der Waals surface area (Å²) in [6, 6.07) is 23.4. The Hall–Kier alpha value is -3.93. The van der Waals surface area contributed by atoms with E-state index in [0.29, 0.717) is 17.0 Å². The Morgan fingerprint density at radius 2 is 1.64 bits per heavy atom. The van der Waals surface area contributed by atoms with E-state index in [-0.39, 0.29) is 11.8 Å². The number of hydrogen-bond acceptors (Lipinski definition) is 4. The van der Waals surface area contributed by atoms with E-state index in [1.807, 2.05) is 54.6 Å². The molecule has 0 aromatic heterocycles. The largest absolute Gasteiger partial charge is 0.457 e. The van der Waals surface area contributed by atoms with E-state index in [9.17, 15) is 9.59 Å². The molecule has 2 amide bonds. The van der Waals surface area contributed by atoms with Crippen LogP contribution in [0.4, 0.5) is 5.69 Å². The molecule has 3 aromatic carbocycles. The lowest BCUT2D eigenvalue weighted by Crippen LogP contribution is -2.18. The van der Waals surface area contributed by atoms with Crippen molar-refractivity contribution in [3.63, 3.8) is 0 Å². The first kappa shape index (κ1) is 18.8. The zero-order valence-corrected chi connectivity index (χ0v) is 15.3. The van der Waals surface area contributed by atoms with Crippen molar-refractivity contribution in [2.24, 2.45) is 5.10 Å². The molecule has 140 valence electrons. The number of hydrazone groups is 1. The molecule has 0 fully saturated rings. The maximum absolute atomic E-state index is 12.2. The van der Waals surface area contributed by atoms with Crippen LogP contribution in [0.1, 0.15) is 22.8 Å². The maximum Gasteiger partial charge on any atom is 0.271 e. The zero-order chi connectivity index (χ0) is 19.8. The number of nitrogens with zero attached hydrogens (tertiary/aromatic N) is 1. The Bertz CT molecular complexity index is 1000. The molecule has 3 aromatic rings. The molecule has 0 saturated carbocycles. The fourth-order valence-corrected chi connectivity index (χ4v) is 2.45. The minimum atomic E-state index is -0.375. The fraction of sp³-hybridized carbons (Fsp3) is 0.0455. The van der Waals surface area contributed by atoms with Gasteiger partial charge in [0.1, 0.15) is 11.5 Å². The highest BCUT2D eigenvalue weighted by atomic mass is 16.5. The van der Waals surface area contributed by atoms with Crippen molar-refractivity contribution in [3.05, 3.63) is 90.0 Å². The Balaban J connectivity index is 1.62. The lowest BCUT2D eigenvalue weighted by molar-refractivity contribution is -0.114. The normalized spacial score (nSPS) is 10.5. The van der Waals surface area contributed by atoms with Crippen molar-refractivity contribution in [3.8, 4) is 11.5 Å². The summed E-state index contributed by atoms with van der Waals surface area (Å²) in [4.78, 5) is 23.3. The van der Waals surface area contributed by atoms with Gasteiger partial charge in [-0.15, -0.1) is 0 Å². The van der Waals surface area contributed by atoms with Gasteiger partial charge < -0.3 is 10.1 Å². The number of ether oxygens (including phenoxy) is 1. The van der Waals surface area contributed by atoms with E-state index in [2.05, 4.69) is 15.8 Å². The fourth-order valence-electron chi connectivity index (χ4n) is 2.45. The molecule has 6 nitrogen and oxygen atoms in total. The first-order valence-corrected chi connectivity index (χ1v) is 8.64. The van der Waals surface area contributed by atoms with Gasteiger partial charge in [0.25, 0.3) is 5.91 Å². The third-order valence-electron chi connectivity index (χ3n) is 3.66. The molecule has 0 heterocycles. The summed E-state index contributed by atoms with van der Waals surface area (Å²) in [5, 5.41) is 6.63. The van der Waals surface area contributed by atoms with Gasteiger partial charge in [-0.3, -0.25) is 9.59 Å². The average Bonchev–Trinajstić information content (AvgIpc) is 2.69. The highest BCUT2D eigenvalue weighted by molar-refractivity contribution is 5.97. The van der Waals surface area contributed by atoms with Gasteiger partial charge in [-0.25, -0.2) is 5.43 Å². The summed E-state index contributed by atoms with van der Waals surface area (Å²) in [5.41, 5.74) is 4.20. The molecule has 6 heteroatoms. The first-order chi connectivity index (χ1) is 13.6. The van der Waals surface area contributed by atoms with Crippen LogP contribution in [0.3, 0.4) is 0 Å². The van der Waals surface area contributed by atoms with Gasteiger partial charge in [0.05, 0.1) is 6.21 Å². The zero-order valence-electron chi connectivity index (χ0n) is 15.3. The van der Waals surface area contributed by atoms with Crippen molar-refractivity contribution in [1.29, 1.82) is 0 Å². The molecule has 0 atom stereocenters. The molecule has 0 aliphatic carbocycles. The third-order valence-corrected chi connectivity index (χ3v) is 3.66. The molecule has 0 radical (unpaired) electrons. The molecule has 0 saturated heterocycles. The second kappa shape index (κ2) is 9.14. The van der Waals surface area contributed by atoms with Crippen LogP contribution in [0.25, 0.3) is 0 Å². The number of carbonyl (C=O) groups excluding carboxylic acids is 2. The topological polar surface area (TPSA) is 79.8 Å². The summed E-state index contributed by atoms with van der Waals surface area (Å²) >= 11 is 0. The van der Waals surface area contributed by atoms with Crippen LogP contribution < -0.4 is 15.5 Å². The monoisotopic (exact) mass is 373 g/mol. The van der Waals surface area contributed by atoms with Crippen molar-refractivity contribution in [1.82, 2.24) is 5.43 Å². The smallest absolute Gasteiger partial charge is 0.271 e. The predicted molar refractivity (Wildman–Crippen MR) is 109 cm³/mol. The highest BCUT2D eigenvalue weighted by Gasteiger charge is 2.05. The quantitative estimate of drug-likeness (QED) is 0.502. The summed E-state index contributed by atoms with van der Waals surface area (Å²) in [5.74, 6) is 0.835. The van der Waals surface area contributed by atoms with E-state index in [1.165, 1.54) is 13.1 Å². The molecule has 28 heavy (non-hydrogen) atoms. The molecular formula is C22H19N3O3. The Morgan fingerprint density at radius 3 is 2.43 bits per heavy atom. The van der Waals surface area contributed by atoms with Crippen LogP contribution in [0.5, 0.6) is 11.5 Å². The lowest BCUT2D eigenvalue weighted by atomic mass is 10.2. The number of rotatable bonds is 6. The van der Waals surface area contributed by atoms with E-state index in [1.54, 1.807) is 24.3 Å². The number of anilines is 1. The van der Waals surface area contributed by atoms with Crippen molar-refractivity contribution in [2.45, 2.75) is 6.92 Å². The average molecular weight is 373 g/mol. The van der Waals surface area contributed by atoms with Crippen LogP contribution in [0.2, 0.25) is 0 Å². The molecule has 0 bridgehead atoms. The Kier molecular flexibility index (Phi) is 6.15. The van der Waals surface area contributed by atoms with Gasteiger partial charge in [-0.2, -0.15) is 5.10 Å². The second-order valence-corrected chi connectivity index (χ2v) is 5.95. The number of nitrogens with one attached hydrogen (secondary N) is 2. The standard InChI is InChI=1S/C22H19N3O3/c1-16(26)24-19-9-6-8-18(14-19)22(27)25-23-15-17-7-5-12-21(13-17)28-20-10-3-2-4-11-20/h2-15H,1H3,(H,24,26)(H,25,27). The van der Waals surface area contributed by atoms with E-state index in [0.717, 1.165) is 11.3 Å². The van der Waals surface area contributed by atoms with Gasteiger partial charge >= 0.3 is 0 Å². The van der Waals surface area contributed by atoms with Gasteiger partial charge in [0.15, 0.2) is 0 Å². The predicted octanol–water partition coefficient (Wildman–Crippen LogP) is 4.20. The Morgan fingerprint density at radius 1 is 0.893 bits per heavy atom. The molecule has 0 aliphatic rings. The minimum Gasteiger partial charge on any atom is -0.457 e. The van der Waals surface area contributed by atoms with Gasteiger partial charge in [-0.1, -0.05) is 36.4 Å². The lowest BCUT2D eigenvalue weighted by Gasteiger charge is -2.06. The minimum absolute atomic E-state index is 0.201. The van der Waals surface area contributed by atoms with Crippen molar-refractivity contribution < 1.29 is 14.3 Å². The van der Waals surface area contributed by atoms with Gasteiger partial charge in [-0.05, 0) is 48.0 Å². The van der Waals surface area contributed by atoms with E-state index >= 15 is 0 Å². The van der Waals surface area contributed by atoms with E-state index < -0.39 is 0 Å². The van der Waals surface area contributed by atoms with Gasteiger partial charge in [0.2, 0.25) is 5.91 Å². The SMILES string of the molecule is CC(=O)Nc1cccc(C(=O)NN=Cc2cccc(Oc3ccccc3)c2)c1. The summed E-state index contributed by atoms with van der Waals surface area (Å²) in [7, 11) is 0. The van der Waals surface area contributed by atoms with Crippen molar-refractivity contribution in [2.75, 3.05) is 5.32 Å². The molecule has 0 unspecified atom stereocenters. The molecule has 0 aliphatic heterocycles. The maximum atomic E-state index is 12.2. The molecule has 0 spiro atoms.